The first kappa shape index (κ1) is 10.2. The maximum atomic E-state index is 13.6. The van der Waals surface area contributed by atoms with Gasteiger partial charge in [0.1, 0.15) is 0 Å². The summed E-state index contributed by atoms with van der Waals surface area (Å²) in [5.74, 6) is 0. The molecular formula is C6H13FN2O4S+2. The van der Waals surface area contributed by atoms with E-state index in [1.165, 1.54) is 0 Å². The van der Waals surface area contributed by atoms with Crippen LogP contribution in [0.5, 0.6) is 0 Å². The number of nitrogens with zero attached hydrogens (tertiary/aromatic N) is 2. The summed E-state index contributed by atoms with van der Waals surface area (Å²) in [7, 11) is -4.45. The molecule has 0 aromatic heterocycles. The molecule has 14 heavy (non-hydrogen) atoms. The van der Waals surface area contributed by atoms with E-state index in [0.29, 0.717) is 0 Å². The average Bonchev–Trinajstić information content (AvgIpc) is 2.05. The maximum Gasteiger partial charge on any atom is 0.442 e. The van der Waals surface area contributed by atoms with Gasteiger partial charge < -0.3 is 0 Å². The van der Waals surface area contributed by atoms with Crippen LogP contribution in [0, 0.1) is 0 Å². The van der Waals surface area contributed by atoms with Crippen molar-refractivity contribution < 1.29 is 31.1 Å². The van der Waals surface area contributed by atoms with Gasteiger partial charge in [-0.25, -0.2) is 0 Å². The molecule has 0 aromatic carbocycles. The highest BCUT2D eigenvalue weighted by Gasteiger charge is 2.54. The van der Waals surface area contributed by atoms with Crippen molar-refractivity contribution in [3.63, 3.8) is 0 Å². The van der Waals surface area contributed by atoms with Crippen LogP contribution in [0.4, 0.5) is 4.48 Å². The van der Waals surface area contributed by atoms with E-state index in [4.69, 9.17) is 4.55 Å². The Balaban J connectivity index is 2.13. The summed E-state index contributed by atoms with van der Waals surface area (Å²) in [6.45, 7) is 1.60. The second-order valence-electron chi connectivity index (χ2n) is 3.93. The third kappa shape index (κ3) is 1.89. The van der Waals surface area contributed by atoms with Crippen LogP contribution in [0.15, 0.2) is 0 Å². The number of quaternary nitrogens is 2. The fourth-order valence-corrected chi connectivity index (χ4v) is 2.69. The average molecular weight is 228 g/mol. The summed E-state index contributed by atoms with van der Waals surface area (Å²) >= 11 is 0. The summed E-state index contributed by atoms with van der Waals surface area (Å²) in [5, 5.41) is 0. The third-order valence-corrected chi connectivity index (χ3v) is 3.48. The Bertz CT molecular complexity index is 319. The van der Waals surface area contributed by atoms with Gasteiger partial charge in [-0.3, -0.25) is 4.55 Å². The van der Waals surface area contributed by atoms with E-state index in [2.05, 4.69) is 4.28 Å². The molecule has 0 spiro atoms. The minimum Gasteiger partial charge on any atom is -0.260 e. The quantitative estimate of drug-likeness (QED) is 0.384. The van der Waals surface area contributed by atoms with Crippen molar-refractivity contribution in [2.75, 3.05) is 39.3 Å². The second kappa shape index (κ2) is 2.86. The van der Waals surface area contributed by atoms with Gasteiger partial charge in [0.05, 0.1) is 0 Å². The zero-order chi connectivity index (χ0) is 10.4. The van der Waals surface area contributed by atoms with Crippen LogP contribution in [0.25, 0.3) is 0 Å². The Labute approximate surface area is 81.5 Å². The van der Waals surface area contributed by atoms with Gasteiger partial charge in [-0.1, -0.05) is 0 Å². The number of rotatable bonds is 2. The van der Waals surface area contributed by atoms with Crippen LogP contribution in [-0.4, -0.2) is 61.6 Å². The van der Waals surface area contributed by atoms with Crippen LogP contribution in [0.1, 0.15) is 0 Å². The number of hydrogen-bond acceptors (Lipinski definition) is 3. The Hall–Kier alpha value is -0.280. The van der Waals surface area contributed by atoms with E-state index in [-0.39, 0.29) is 43.9 Å². The number of hydrogen-bond donors (Lipinski definition) is 1. The van der Waals surface area contributed by atoms with Crippen LogP contribution in [-0.2, 0) is 14.7 Å². The number of hydroxylamine groups is 3. The molecule has 8 heteroatoms. The largest absolute Gasteiger partial charge is 0.442 e. The summed E-state index contributed by atoms with van der Waals surface area (Å²) in [6, 6.07) is 0. The van der Waals surface area contributed by atoms with Crippen molar-refractivity contribution in [2.24, 2.45) is 0 Å². The molecule has 0 unspecified atom stereocenters. The number of halogens is 1. The van der Waals surface area contributed by atoms with Crippen molar-refractivity contribution in [1.29, 1.82) is 0 Å². The third-order valence-electron chi connectivity index (χ3n) is 2.98. The van der Waals surface area contributed by atoms with Gasteiger partial charge in [0.15, 0.2) is 39.3 Å². The van der Waals surface area contributed by atoms with Crippen LogP contribution in [0.2, 0.25) is 0 Å². The molecule has 82 valence electrons. The molecule has 3 fully saturated rings. The van der Waals surface area contributed by atoms with Crippen molar-refractivity contribution in [3.05, 3.63) is 0 Å². The zero-order valence-corrected chi connectivity index (χ0v) is 8.41. The minimum absolute atomic E-state index is 0.164. The van der Waals surface area contributed by atoms with E-state index < -0.39 is 15.1 Å². The lowest BCUT2D eigenvalue weighted by Gasteiger charge is -2.45. The van der Waals surface area contributed by atoms with Crippen LogP contribution in [0.3, 0.4) is 0 Å². The van der Waals surface area contributed by atoms with Gasteiger partial charge >= 0.3 is 10.4 Å². The van der Waals surface area contributed by atoms with E-state index in [9.17, 15) is 12.9 Å². The van der Waals surface area contributed by atoms with Crippen molar-refractivity contribution >= 4 is 10.4 Å². The standard InChI is InChI=1S/C6H12FN2O4S/c7-8-1-4-9(5-2-8,6-3-8)13-14(10,11)12/h1-6H2/q+1/p+1. The molecule has 0 amide bonds. The lowest BCUT2D eigenvalue weighted by atomic mass is 10.2. The first-order valence-electron chi connectivity index (χ1n) is 4.43. The highest BCUT2D eigenvalue weighted by molar-refractivity contribution is 7.80. The Morgan fingerprint density at radius 1 is 1.07 bits per heavy atom. The Kier molecular flexibility index (Phi) is 2.09. The van der Waals surface area contributed by atoms with Crippen molar-refractivity contribution in [3.8, 4) is 0 Å². The molecule has 3 aliphatic heterocycles. The first-order chi connectivity index (χ1) is 6.33. The predicted molar refractivity (Wildman–Crippen MR) is 43.5 cm³/mol. The lowest BCUT2D eigenvalue weighted by Crippen LogP contribution is -2.72. The molecule has 0 radical (unpaired) electrons. The van der Waals surface area contributed by atoms with Crippen LogP contribution < -0.4 is 0 Å². The first-order valence-corrected chi connectivity index (χ1v) is 5.80. The van der Waals surface area contributed by atoms with E-state index in [1.54, 1.807) is 0 Å². The molecule has 6 nitrogen and oxygen atoms in total. The Morgan fingerprint density at radius 2 is 1.50 bits per heavy atom. The fourth-order valence-electron chi connectivity index (χ4n) is 2.07. The highest BCUT2D eigenvalue weighted by Crippen LogP contribution is 2.28. The molecule has 3 rings (SSSR count). The van der Waals surface area contributed by atoms with Crippen molar-refractivity contribution in [1.82, 2.24) is 0 Å². The van der Waals surface area contributed by atoms with Crippen LogP contribution >= 0.6 is 0 Å². The van der Waals surface area contributed by atoms with Gasteiger partial charge in [-0.05, 0) is 8.77 Å². The zero-order valence-electron chi connectivity index (χ0n) is 7.60. The van der Waals surface area contributed by atoms with E-state index >= 15 is 0 Å². The minimum atomic E-state index is -4.45. The molecule has 0 aliphatic carbocycles. The number of piperazine rings is 3. The van der Waals surface area contributed by atoms with Gasteiger partial charge in [0.25, 0.3) is 0 Å². The van der Waals surface area contributed by atoms with Gasteiger partial charge in [0, 0.05) is 0 Å². The molecule has 1 N–H and O–H groups in total. The summed E-state index contributed by atoms with van der Waals surface area (Å²) < 4.78 is 47.3. The smallest absolute Gasteiger partial charge is 0.260 e. The predicted octanol–water partition coefficient (Wildman–Crippen LogP) is -0.734. The van der Waals surface area contributed by atoms with Gasteiger partial charge in [-0.15, -0.1) is 9.35 Å². The topological polar surface area (TPSA) is 63.6 Å². The van der Waals surface area contributed by atoms with Crippen molar-refractivity contribution in [2.45, 2.75) is 0 Å². The van der Waals surface area contributed by atoms with E-state index in [0.717, 1.165) is 0 Å². The normalized spacial score (nSPS) is 42.7. The van der Waals surface area contributed by atoms with Gasteiger partial charge in [-0.2, -0.15) is 8.42 Å². The SMILES string of the molecule is O=S(=O)(O)O[N+]12CC[N+](F)(CC1)CC2. The van der Waals surface area contributed by atoms with Gasteiger partial charge in [0.2, 0.25) is 0 Å². The summed E-state index contributed by atoms with van der Waals surface area (Å²) in [5.41, 5.74) is 0. The number of fused-ring (bicyclic) bond motifs is 3. The van der Waals surface area contributed by atoms with E-state index in [1.807, 2.05) is 0 Å². The molecule has 3 aliphatic rings. The molecule has 2 bridgehead atoms. The highest BCUT2D eigenvalue weighted by atomic mass is 32.3. The summed E-state index contributed by atoms with van der Waals surface area (Å²) in [6.07, 6.45) is 0. The Morgan fingerprint density at radius 3 is 1.86 bits per heavy atom. The maximum absolute atomic E-state index is 13.6. The molecule has 0 atom stereocenters. The monoisotopic (exact) mass is 228 g/mol. The summed E-state index contributed by atoms with van der Waals surface area (Å²) in [4.78, 5) is 0. The lowest BCUT2D eigenvalue weighted by molar-refractivity contribution is -1.20. The molecule has 3 heterocycles. The molecular weight excluding hydrogens is 215 g/mol. The second-order valence-corrected chi connectivity index (χ2v) is 4.94. The fraction of sp³-hybridized carbons (Fsp3) is 1.00. The molecule has 0 aromatic rings. The molecule has 0 saturated carbocycles. The molecule has 3 saturated heterocycles.